The minimum Gasteiger partial charge on any atom is -0.357 e. The van der Waals surface area contributed by atoms with Crippen LogP contribution in [0.1, 0.15) is 56.8 Å². The number of aromatic nitrogens is 1. The summed E-state index contributed by atoms with van der Waals surface area (Å²) >= 11 is 1.68. The lowest BCUT2D eigenvalue weighted by atomic mass is 9.93. The van der Waals surface area contributed by atoms with E-state index < -0.39 is 0 Å². The van der Waals surface area contributed by atoms with Crippen LogP contribution in [0.25, 0.3) is 0 Å². The molecule has 0 saturated carbocycles. The van der Waals surface area contributed by atoms with Crippen LogP contribution < -0.4 is 15.5 Å². The van der Waals surface area contributed by atoms with Crippen LogP contribution in [0.3, 0.4) is 0 Å². The van der Waals surface area contributed by atoms with Crippen molar-refractivity contribution in [1.29, 1.82) is 0 Å². The summed E-state index contributed by atoms with van der Waals surface area (Å²) in [5.74, 6) is 0.991. The Balaban J connectivity index is 1.58. The Labute approximate surface area is 177 Å². The molecule has 3 rings (SSSR count). The number of amides is 1. The fourth-order valence-electron chi connectivity index (χ4n) is 3.11. The van der Waals surface area contributed by atoms with Gasteiger partial charge in [-0.05, 0) is 31.0 Å². The highest BCUT2D eigenvalue weighted by atomic mass is 32.1. The molecule has 0 atom stereocenters. The number of nitrogens with zero attached hydrogens (tertiary/aromatic N) is 3. The van der Waals surface area contributed by atoms with Crippen LogP contribution in [0.4, 0.5) is 5.69 Å². The summed E-state index contributed by atoms with van der Waals surface area (Å²) in [5, 5.41) is 9.84. The van der Waals surface area contributed by atoms with Crippen molar-refractivity contribution >= 4 is 28.9 Å². The van der Waals surface area contributed by atoms with Crippen molar-refractivity contribution in [2.24, 2.45) is 4.99 Å². The van der Waals surface area contributed by atoms with Gasteiger partial charge in [0.05, 0.1) is 18.8 Å². The summed E-state index contributed by atoms with van der Waals surface area (Å²) in [4.78, 5) is 23.1. The number of aliphatic imine (C=N–C) groups is 1. The fraction of sp³-hybridized carbons (Fsp3) is 0.500. The van der Waals surface area contributed by atoms with Crippen molar-refractivity contribution in [3.63, 3.8) is 0 Å². The lowest BCUT2D eigenvalue weighted by Crippen LogP contribution is -2.36. The fourth-order valence-corrected chi connectivity index (χ4v) is 4.07. The molecule has 2 heterocycles. The van der Waals surface area contributed by atoms with Gasteiger partial charge in [-0.3, -0.25) is 4.79 Å². The van der Waals surface area contributed by atoms with Crippen LogP contribution in [0.15, 0.2) is 34.6 Å². The molecule has 156 valence electrons. The van der Waals surface area contributed by atoms with Gasteiger partial charge in [0.2, 0.25) is 5.91 Å². The predicted molar refractivity (Wildman–Crippen MR) is 120 cm³/mol. The highest BCUT2D eigenvalue weighted by Gasteiger charge is 2.21. The van der Waals surface area contributed by atoms with Gasteiger partial charge in [-0.2, -0.15) is 0 Å². The van der Waals surface area contributed by atoms with E-state index in [1.54, 1.807) is 11.3 Å². The SMILES string of the molecule is CCNC(=NCc1ccc(N2CCCC2=O)cc1)NCc1nc(C(C)(C)C)cs1. The molecule has 1 aromatic carbocycles. The summed E-state index contributed by atoms with van der Waals surface area (Å²) < 4.78 is 0. The van der Waals surface area contributed by atoms with Crippen molar-refractivity contribution in [2.75, 3.05) is 18.0 Å². The van der Waals surface area contributed by atoms with Crippen LogP contribution >= 0.6 is 11.3 Å². The zero-order valence-corrected chi connectivity index (χ0v) is 18.6. The number of carbonyl (C=O) groups is 1. The third-order valence-electron chi connectivity index (χ3n) is 4.81. The first-order valence-corrected chi connectivity index (χ1v) is 11.1. The highest BCUT2D eigenvalue weighted by molar-refractivity contribution is 7.09. The van der Waals surface area contributed by atoms with Crippen molar-refractivity contribution in [2.45, 2.75) is 59.0 Å². The first-order valence-electron chi connectivity index (χ1n) is 10.2. The minimum absolute atomic E-state index is 0.0686. The molecule has 7 heteroatoms. The number of carbonyl (C=O) groups excluding carboxylic acids is 1. The summed E-state index contributed by atoms with van der Waals surface area (Å²) in [6.45, 7) is 11.4. The van der Waals surface area contributed by atoms with E-state index in [-0.39, 0.29) is 11.3 Å². The Morgan fingerprint density at radius 2 is 2.00 bits per heavy atom. The van der Waals surface area contributed by atoms with E-state index >= 15 is 0 Å². The number of benzene rings is 1. The smallest absolute Gasteiger partial charge is 0.227 e. The number of guanidine groups is 1. The molecule has 6 nitrogen and oxygen atoms in total. The molecule has 29 heavy (non-hydrogen) atoms. The maximum Gasteiger partial charge on any atom is 0.227 e. The molecule has 0 unspecified atom stereocenters. The van der Waals surface area contributed by atoms with Crippen LogP contribution in [-0.2, 0) is 23.3 Å². The quantitative estimate of drug-likeness (QED) is 0.558. The monoisotopic (exact) mass is 413 g/mol. The number of anilines is 1. The third kappa shape index (κ3) is 5.79. The summed E-state index contributed by atoms with van der Waals surface area (Å²) in [5.41, 5.74) is 3.28. The number of hydrogen-bond donors (Lipinski definition) is 2. The van der Waals surface area contributed by atoms with E-state index in [1.165, 1.54) is 0 Å². The maximum atomic E-state index is 11.9. The zero-order valence-electron chi connectivity index (χ0n) is 17.8. The molecule has 2 aromatic rings. The van der Waals surface area contributed by atoms with Crippen molar-refractivity contribution in [3.8, 4) is 0 Å². The minimum atomic E-state index is 0.0686. The zero-order chi connectivity index (χ0) is 20.9. The highest BCUT2D eigenvalue weighted by Crippen LogP contribution is 2.24. The van der Waals surface area contributed by atoms with Gasteiger partial charge in [-0.1, -0.05) is 32.9 Å². The van der Waals surface area contributed by atoms with Gasteiger partial charge in [0.1, 0.15) is 5.01 Å². The molecule has 0 radical (unpaired) electrons. The summed E-state index contributed by atoms with van der Waals surface area (Å²) in [7, 11) is 0. The molecule has 0 spiro atoms. The second-order valence-corrected chi connectivity index (χ2v) is 9.18. The Morgan fingerprint density at radius 1 is 1.24 bits per heavy atom. The van der Waals surface area contributed by atoms with Gasteiger partial charge in [-0.25, -0.2) is 9.98 Å². The molecular formula is C22H31N5OS. The van der Waals surface area contributed by atoms with E-state index in [0.29, 0.717) is 19.5 Å². The average molecular weight is 414 g/mol. The Hall–Kier alpha value is -2.41. The van der Waals surface area contributed by atoms with E-state index in [2.05, 4.69) is 48.7 Å². The van der Waals surface area contributed by atoms with Crippen molar-refractivity contribution in [3.05, 3.63) is 45.9 Å². The predicted octanol–water partition coefficient (Wildman–Crippen LogP) is 3.82. The largest absolute Gasteiger partial charge is 0.357 e. The number of nitrogens with one attached hydrogen (secondary N) is 2. The lowest BCUT2D eigenvalue weighted by Gasteiger charge is -2.16. The van der Waals surface area contributed by atoms with E-state index in [4.69, 9.17) is 4.98 Å². The normalized spacial score (nSPS) is 15.1. The summed E-state index contributed by atoms with van der Waals surface area (Å²) in [6.07, 6.45) is 1.60. The van der Waals surface area contributed by atoms with Crippen LogP contribution in [0.5, 0.6) is 0 Å². The molecule has 2 N–H and O–H groups in total. The van der Waals surface area contributed by atoms with Gasteiger partial charge in [0, 0.05) is 36.0 Å². The molecule has 1 amide bonds. The Bertz CT molecular complexity index is 851. The van der Waals surface area contributed by atoms with E-state index in [0.717, 1.165) is 47.4 Å². The van der Waals surface area contributed by atoms with Gasteiger partial charge in [-0.15, -0.1) is 11.3 Å². The second-order valence-electron chi connectivity index (χ2n) is 8.24. The van der Waals surface area contributed by atoms with Gasteiger partial charge >= 0.3 is 0 Å². The molecule has 1 fully saturated rings. The maximum absolute atomic E-state index is 11.9. The molecule has 1 aliphatic heterocycles. The third-order valence-corrected chi connectivity index (χ3v) is 5.66. The van der Waals surface area contributed by atoms with Gasteiger partial charge in [0.25, 0.3) is 0 Å². The number of thiazole rings is 1. The van der Waals surface area contributed by atoms with E-state index in [1.807, 2.05) is 29.2 Å². The topological polar surface area (TPSA) is 69.6 Å². The number of hydrogen-bond acceptors (Lipinski definition) is 4. The van der Waals surface area contributed by atoms with Crippen LogP contribution in [0, 0.1) is 0 Å². The van der Waals surface area contributed by atoms with Crippen molar-refractivity contribution < 1.29 is 4.79 Å². The molecule has 0 aliphatic carbocycles. The molecule has 1 saturated heterocycles. The average Bonchev–Trinajstić information content (AvgIpc) is 3.33. The first kappa shape index (κ1) is 21.3. The first-order chi connectivity index (χ1) is 13.9. The molecule has 1 aliphatic rings. The van der Waals surface area contributed by atoms with Crippen molar-refractivity contribution in [1.82, 2.24) is 15.6 Å². The Kier molecular flexibility index (Phi) is 6.90. The van der Waals surface area contributed by atoms with E-state index in [9.17, 15) is 4.79 Å². The number of rotatable bonds is 6. The van der Waals surface area contributed by atoms with Gasteiger partial charge < -0.3 is 15.5 Å². The van der Waals surface area contributed by atoms with Crippen LogP contribution in [0.2, 0.25) is 0 Å². The van der Waals surface area contributed by atoms with Crippen LogP contribution in [-0.4, -0.2) is 29.9 Å². The summed E-state index contributed by atoms with van der Waals surface area (Å²) in [6, 6.07) is 8.12. The van der Waals surface area contributed by atoms with Gasteiger partial charge in [0.15, 0.2) is 5.96 Å². The molecule has 1 aromatic heterocycles. The Morgan fingerprint density at radius 3 is 2.59 bits per heavy atom. The molecule has 0 bridgehead atoms. The lowest BCUT2D eigenvalue weighted by molar-refractivity contribution is -0.117. The second kappa shape index (κ2) is 9.39. The molecular weight excluding hydrogens is 382 g/mol. The standard InChI is InChI=1S/C22H31N5OS/c1-5-23-21(25-14-19-26-18(15-29-19)22(2,3)4)24-13-16-8-10-17(11-9-16)27-12-6-7-20(27)28/h8-11,15H,5-7,12-14H2,1-4H3,(H2,23,24,25).